The average molecular weight is 514 g/mol. The van der Waals surface area contributed by atoms with Crippen LogP contribution in [0.4, 0.5) is 5.69 Å². The van der Waals surface area contributed by atoms with Crippen LogP contribution in [-0.4, -0.2) is 38.1 Å². The van der Waals surface area contributed by atoms with E-state index in [0.29, 0.717) is 17.0 Å². The standard InChI is InChI=1S/C26H21Cl2NO6/c1-33-16-11-7-8-14(12-16)21-19(23(31)26(32)29(21)15-9-5-4-6-10-15)22(30)17-13-18(27)25(35-3)20(28)24(17)34-2/h4-13,21,30H,1-3H3/b22-19+. The topological polar surface area (TPSA) is 85.3 Å². The van der Waals surface area contributed by atoms with E-state index in [1.54, 1.807) is 54.6 Å². The summed E-state index contributed by atoms with van der Waals surface area (Å²) >= 11 is 12.7. The molecule has 3 aromatic carbocycles. The van der Waals surface area contributed by atoms with Gasteiger partial charge in [-0.05, 0) is 35.9 Å². The average Bonchev–Trinajstić information content (AvgIpc) is 3.14. The van der Waals surface area contributed by atoms with Crippen LogP contribution < -0.4 is 19.1 Å². The van der Waals surface area contributed by atoms with Gasteiger partial charge in [-0.25, -0.2) is 0 Å². The third kappa shape index (κ3) is 4.17. The molecule has 3 aromatic rings. The molecule has 35 heavy (non-hydrogen) atoms. The number of benzene rings is 3. The van der Waals surface area contributed by atoms with Crippen LogP contribution in [0.5, 0.6) is 17.2 Å². The normalized spacial score (nSPS) is 16.9. The van der Waals surface area contributed by atoms with Crippen LogP contribution in [0.15, 0.2) is 66.2 Å². The number of carbonyl (C=O) groups excluding carboxylic acids is 2. The quantitative estimate of drug-likeness (QED) is 0.260. The van der Waals surface area contributed by atoms with Crippen LogP contribution >= 0.6 is 23.2 Å². The highest BCUT2D eigenvalue weighted by molar-refractivity contribution is 6.52. The predicted molar refractivity (Wildman–Crippen MR) is 134 cm³/mol. The Morgan fingerprint density at radius 2 is 1.57 bits per heavy atom. The highest BCUT2D eigenvalue weighted by atomic mass is 35.5. The molecule has 0 radical (unpaired) electrons. The maximum absolute atomic E-state index is 13.4. The molecule has 1 aliphatic rings. The third-order valence-electron chi connectivity index (χ3n) is 5.68. The zero-order valence-corrected chi connectivity index (χ0v) is 20.6. The molecule has 1 fully saturated rings. The first-order valence-electron chi connectivity index (χ1n) is 10.4. The molecule has 0 saturated carbocycles. The molecule has 1 saturated heterocycles. The van der Waals surface area contributed by atoms with Crippen LogP contribution in [0.3, 0.4) is 0 Å². The van der Waals surface area contributed by atoms with E-state index in [0.717, 1.165) is 0 Å². The van der Waals surface area contributed by atoms with Crippen LogP contribution in [0.2, 0.25) is 10.0 Å². The molecule has 0 aliphatic carbocycles. The number of anilines is 1. The molecule has 1 heterocycles. The summed E-state index contributed by atoms with van der Waals surface area (Å²) in [6.45, 7) is 0. The number of rotatable bonds is 6. The second kappa shape index (κ2) is 9.90. The number of halogens is 2. The summed E-state index contributed by atoms with van der Waals surface area (Å²) in [5, 5.41) is 11.6. The van der Waals surface area contributed by atoms with Crippen molar-refractivity contribution in [1.82, 2.24) is 0 Å². The lowest BCUT2D eigenvalue weighted by molar-refractivity contribution is -0.132. The molecule has 9 heteroatoms. The monoisotopic (exact) mass is 513 g/mol. The van der Waals surface area contributed by atoms with Crippen molar-refractivity contribution in [2.24, 2.45) is 0 Å². The van der Waals surface area contributed by atoms with E-state index in [1.165, 1.54) is 32.3 Å². The smallest absolute Gasteiger partial charge is 0.300 e. The number of Topliss-reactive ketones (excluding diaryl/α,β-unsaturated/α-hetero) is 1. The first-order chi connectivity index (χ1) is 16.8. The van der Waals surface area contributed by atoms with Crippen molar-refractivity contribution in [1.29, 1.82) is 0 Å². The SMILES string of the molecule is COc1cccc(C2/C(=C(\O)c3cc(Cl)c(OC)c(Cl)c3OC)C(=O)C(=O)N2c2ccccc2)c1. The molecule has 0 aromatic heterocycles. The van der Waals surface area contributed by atoms with Gasteiger partial charge in [0.05, 0.1) is 43.5 Å². The van der Waals surface area contributed by atoms with Gasteiger partial charge in [-0.2, -0.15) is 0 Å². The van der Waals surface area contributed by atoms with E-state index in [4.69, 9.17) is 37.4 Å². The number of hydrogen-bond acceptors (Lipinski definition) is 6. The Balaban J connectivity index is 2.02. The van der Waals surface area contributed by atoms with Crippen molar-refractivity contribution < 1.29 is 28.9 Å². The molecular formula is C26H21Cl2NO6. The summed E-state index contributed by atoms with van der Waals surface area (Å²) in [5.41, 5.74) is 0.933. The van der Waals surface area contributed by atoms with Crippen LogP contribution in [0.1, 0.15) is 17.2 Å². The first kappa shape index (κ1) is 24.4. The Bertz CT molecular complexity index is 1340. The number of amides is 1. The predicted octanol–water partition coefficient (Wildman–Crippen LogP) is 5.65. The molecule has 1 amide bonds. The molecule has 0 bridgehead atoms. The number of ketones is 1. The summed E-state index contributed by atoms with van der Waals surface area (Å²) in [7, 11) is 4.26. The Morgan fingerprint density at radius 1 is 0.886 bits per heavy atom. The molecule has 1 unspecified atom stereocenters. The van der Waals surface area contributed by atoms with Gasteiger partial charge in [0.2, 0.25) is 0 Å². The minimum absolute atomic E-state index is 0.0132. The number of hydrogen-bond donors (Lipinski definition) is 1. The third-order valence-corrected chi connectivity index (χ3v) is 6.31. The van der Waals surface area contributed by atoms with Gasteiger partial charge in [0.25, 0.3) is 11.7 Å². The molecule has 180 valence electrons. The zero-order valence-electron chi connectivity index (χ0n) is 19.0. The summed E-state index contributed by atoms with van der Waals surface area (Å²) in [4.78, 5) is 28.0. The van der Waals surface area contributed by atoms with E-state index in [9.17, 15) is 14.7 Å². The van der Waals surface area contributed by atoms with Crippen LogP contribution in [0, 0.1) is 0 Å². The van der Waals surface area contributed by atoms with Gasteiger partial charge in [0.1, 0.15) is 16.5 Å². The maximum Gasteiger partial charge on any atom is 0.300 e. The fourth-order valence-corrected chi connectivity index (χ4v) is 4.79. The highest BCUT2D eigenvalue weighted by Gasteiger charge is 2.47. The Labute approximate surface area is 212 Å². The Morgan fingerprint density at radius 3 is 2.20 bits per heavy atom. The second-order valence-electron chi connectivity index (χ2n) is 7.57. The van der Waals surface area contributed by atoms with Gasteiger partial charge < -0.3 is 19.3 Å². The number of aliphatic hydroxyl groups excluding tert-OH is 1. The lowest BCUT2D eigenvalue weighted by Crippen LogP contribution is -2.29. The number of carbonyl (C=O) groups is 2. The number of aliphatic hydroxyl groups is 1. The fourth-order valence-electron chi connectivity index (χ4n) is 4.11. The van der Waals surface area contributed by atoms with Crippen molar-refractivity contribution in [3.63, 3.8) is 0 Å². The lowest BCUT2D eigenvalue weighted by Gasteiger charge is -2.26. The lowest BCUT2D eigenvalue weighted by atomic mass is 9.94. The van der Waals surface area contributed by atoms with E-state index in [-0.39, 0.29) is 32.7 Å². The summed E-state index contributed by atoms with van der Waals surface area (Å²) in [6.07, 6.45) is 0. The van der Waals surface area contributed by atoms with Gasteiger partial charge in [0, 0.05) is 5.69 Å². The van der Waals surface area contributed by atoms with E-state index in [2.05, 4.69) is 0 Å². The Hall–Kier alpha value is -3.68. The number of para-hydroxylation sites is 1. The zero-order chi connectivity index (χ0) is 25.3. The van der Waals surface area contributed by atoms with Gasteiger partial charge in [-0.15, -0.1) is 0 Å². The van der Waals surface area contributed by atoms with Gasteiger partial charge >= 0.3 is 0 Å². The Kier molecular flexibility index (Phi) is 6.91. The van der Waals surface area contributed by atoms with Crippen molar-refractivity contribution in [3.8, 4) is 17.2 Å². The molecule has 7 nitrogen and oxygen atoms in total. The number of ether oxygens (including phenoxy) is 3. The maximum atomic E-state index is 13.4. The molecular weight excluding hydrogens is 493 g/mol. The van der Waals surface area contributed by atoms with Crippen LogP contribution in [0.25, 0.3) is 5.76 Å². The van der Waals surface area contributed by atoms with Crippen molar-refractivity contribution in [2.75, 3.05) is 26.2 Å². The van der Waals surface area contributed by atoms with Gasteiger partial charge in [-0.1, -0.05) is 53.5 Å². The summed E-state index contributed by atoms with van der Waals surface area (Å²) < 4.78 is 16.0. The minimum atomic E-state index is -0.961. The van der Waals surface area contributed by atoms with Crippen LogP contribution in [-0.2, 0) is 9.59 Å². The molecule has 1 N–H and O–H groups in total. The fraction of sp³-hybridized carbons (Fsp3) is 0.154. The van der Waals surface area contributed by atoms with Crippen molar-refractivity contribution in [3.05, 3.63) is 87.4 Å². The first-order valence-corrected chi connectivity index (χ1v) is 11.2. The van der Waals surface area contributed by atoms with Gasteiger partial charge in [0.15, 0.2) is 11.5 Å². The second-order valence-corrected chi connectivity index (χ2v) is 8.35. The van der Waals surface area contributed by atoms with E-state index < -0.39 is 23.5 Å². The largest absolute Gasteiger partial charge is 0.507 e. The number of nitrogens with zero attached hydrogens (tertiary/aromatic N) is 1. The van der Waals surface area contributed by atoms with E-state index >= 15 is 0 Å². The number of methoxy groups -OCH3 is 3. The van der Waals surface area contributed by atoms with E-state index in [1.807, 2.05) is 0 Å². The molecule has 0 spiro atoms. The molecule has 4 rings (SSSR count). The molecule has 1 atom stereocenters. The van der Waals surface area contributed by atoms with Crippen molar-refractivity contribution >= 4 is 46.3 Å². The highest BCUT2D eigenvalue weighted by Crippen LogP contribution is 2.48. The van der Waals surface area contributed by atoms with Crippen molar-refractivity contribution in [2.45, 2.75) is 6.04 Å². The minimum Gasteiger partial charge on any atom is -0.507 e. The molecule has 1 aliphatic heterocycles. The summed E-state index contributed by atoms with van der Waals surface area (Å²) in [6, 6.07) is 16.1. The summed E-state index contributed by atoms with van der Waals surface area (Å²) in [5.74, 6) is -1.44. The van der Waals surface area contributed by atoms with Gasteiger partial charge in [-0.3, -0.25) is 14.5 Å².